The van der Waals surface area contributed by atoms with Gasteiger partial charge in [-0.05, 0) is 44.9 Å². The highest BCUT2D eigenvalue weighted by molar-refractivity contribution is 9.10. The van der Waals surface area contributed by atoms with Crippen LogP contribution in [-0.2, 0) is 4.79 Å². The van der Waals surface area contributed by atoms with Crippen molar-refractivity contribution < 1.29 is 19.7 Å². The molecule has 0 fully saturated rings. The van der Waals surface area contributed by atoms with Crippen LogP contribution in [0.1, 0.15) is 38.9 Å². The summed E-state index contributed by atoms with van der Waals surface area (Å²) in [7, 11) is 0. The summed E-state index contributed by atoms with van der Waals surface area (Å²) in [6.45, 7) is 5.66. The second-order valence-electron chi connectivity index (χ2n) is 5.03. The van der Waals surface area contributed by atoms with Crippen LogP contribution in [0.25, 0.3) is 0 Å². The van der Waals surface area contributed by atoms with E-state index in [0.717, 1.165) is 0 Å². The molecule has 1 aromatic rings. The highest BCUT2D eigenvalue weighted by Gasteiger charge is 2.31. The van der Waals surface area contributed by atoms with E-state index in [0.29, 0.717) is 22.4 Å². The number of hydrogen-bond acceptors (Lipinski definition) is 3. The van der Waals surface area contributed by atoms with Crippen molar-refractivity contribution in [2.45, 2.75) is 33.3 Å². The smallest absolute Gasteiger partial charge is 0.309 e. The Morgan fingerprint density at radius 1 is 1.47 bits per heavy atom. The van der Waals surface area contributed by atoms with Crippen LogP contribution in [-0.4, -0.2) is 22.8 Å². The Balaban J connectivity index is 2.88. The van der Waals surface area contributed by atoms with Crippen LogP contribution in [0.3, 0.4) is 0 Å². The Hall–Kier alpha value is -1.07. The second kappa shape index (κ2) is 6.39. The third-order valence-corrected chi connectivity index (χ3v) is 3.61. The van der Waals surface area contributed by atoms with Gasteiger partial charge in [0.05, 0.1) is 18.1 Å². The van der Waals surface area contributed by atoms with E-state index in [-0.39, 0.29) is 6.42 Å². The molecule has 0 spiro atoms. The van der Waals surface area contributed by atoms with Crippen LogP contribution in [0.2, 0.25) is 0 Å². The zero-order valence-electron chi connectivity index (χ0n) is 11.3. The predicted molar refractivity (Wildman–Crippen MR) is 76.3 cm³/mol. The first kappa shape index (κ1) is 16.0. The van der Waals surface area contributed by atoms with Crippen LogP contribution in [0, 0.1) is 5.41 Å². The lowest BCUT2D eigenvalue weighted by atomic mass is 9.85. The van der Waals surface area contributed by atoms with Gasteiger partial charge in [0.2, 0.25) is 0 Å². The molecule has 19 heavy (non-hydrogen) atoms. The first-order valence-corrected chi connectivity index (χ1v) is 6.91. The molecule has 1 atom stereocenters. The summed E-state index contributed by atoms with van der Waals surface area (Å²) in [5.41, 5.74) is -0.310. The molecule has 2 N–H and O–H groups in total. The summed E-state index contributed by atoms with van der Waals surface area (Å²) in [6, 6.07) is 5.29. The number of aliphatic hydroxyl groups is 1. The van der Waals surface area contributed by atoms with Gasteiger partial charge in [0.25, 0.3) is 0 Å². The van der Waals surface area contributed by atoms with Gasteiger partial charge in [-0.2, -0.15) is 0 Å². The van der Waals surface area contributed by atoms with Crippen LogP contribution in [0.5, 0.6) is 5.75 Å². The number of carboxylic acids is 1. The fourth-order valence-electron chi connectivity index (χ4n) is 1.72. The van der Waals surface area contributed by atoms with Gasteiger partial charge in [-0.3, -0.25) is 4.79 Å². The molecule has 1 aromatic carbocycles. The molecule has 0 radical (unpaired) electrons. The Morgan fingerprint density at radius 2 is 2.11 bits per heavy atom. The first-order chi connectivity index (χ1) is 8.77. The Labute approximate surface area is 121 Å². The molecule has 0 aliphatic rings. The van der Waals surface area contributed by atoms with Gasteiger partial charge in [0.1, 0.15) is 5.75 Å². The summed E-state index contributed by atoms with van der Waals surface area (Å²) < 4.78 is 6.07. The van der Waals surface area contributed by atoms with Crippen molar-refractivity contribution in [3.05, 3.63) is 28.2 Å². The molecule has 0 aliphatic carbocycles. The molecule has 0 amide bonds. The minimum Gasteiger partial charge on any atom is -0.494 e. The summed E-state index contributed by atoms with van der Waals surface area (Å²) >= 11 is 3.37. The number of carbonyl (C=O) groups is 1. The molecule has 0 aliphatic heterocycles. The number of ether oxygens (including phenoxy) is 1. The van der Waals surface area contributed by atoms with Crippen LogP contribution in [0.15, 0.2) is 22.7 Å². The maximum Gasteiger partial charge on any atom is 0.309 e. The topological polar surface area (TPSA) is 66.8 Å². The first-order valence-electron chi connectivity index (χ1n) is 6.11. The summed E-state index contributed by atoms with van der Waals surface area (Å²) in [4.78, 5) is 11.1. The molecular weight excluding hydrogens is 312 g/mol. The van der Waals surface area contributed by atoms with Crippen LogP contribution in [0.4, 0.5) is 0 Å². The van der Waals surface area contributed by atoms with E-state index >= 15 is 0 Å². The number of halogens is 1. The fourth-order valence-corrected chi connectivity index (χ4v) is 2.34. The molecule has 1 unspecified atom stereocenters. The van der Waals surface area contributed by atoms with Gasteiger partial charge in [-0.15, -0.1) is 0 Å². The Kier molecular flexibility index (Phi) is 5.38. The zero-order chi connectivity index (χ0) is 14.6. The van der Waals surface area contributed by atoms with Crippen molar-refractivity contribution in [2.75, 3.05) is 6.61 Å². The van der Waals surface area contributed by atoms with Crippen LogP contribution < -0.4 is 4.74 Å². The van der Waals surface area contributed by atoms with E-state index in [2.05, 4.69) is 15.9 Å². The number of benzene rings is 1. The maximum atomic E-state index is 11.1. The van der Waals surface area contributed by atoms with E-state index in [9.17, 15) is 9.90 Å². The van der Waals surface area contributed by atoms with Gasteiger partial charge in [0, 0.05) is 4.47 Å². The van der Waals surface area contributed by atoms with Gasteiger partial charge in [-0.1, -0.05) is 22.0 Å². The summed E-state index contributed by atoms with van der Waals surface area (Å²) in [6.07, 6.45) is -0.689. The minimum atomic E-state index is -0.975. The SMILES string of the molecule is CCOc1ccc(C(O)CC(C)(C)C(=O)O)c(Br)c1. The Bertz CT molecular complexity index is 457. The average Bonchev–Trinajstić information content (AvgIpc) is 2.28. The highest BCUT2D eigenvalue weighted by Crippen LogP contribution is 2.35. The number of aliphatic carboxylic acids is 1. The number of aliphatic hydroxyl groups excluding tert-OH is 1. The summed E-state index contributed by atoms with van der Waals surface area (Å²) in [5.74, 6) is -0.212. The molecule has 1 rings (SSSR count). The molecule has 0 heterocycles. The van der Waals surface area contributed by atoms with Crippen molar-refractivity contribution in [2.24, 2.45) is 5.41 Å². The Morgan fingerprint density at radius 3 is 2.58 bits per heavy atom. The third-order valence-electron chi connectivity index (χ3n) is 2.92. The van der Waals surface area contributed by atoms with Crippen molar-refractivity contribution in [3.63, 3.8) is 0 Å². The lowest BCUT2D eigenvalue weighted by Crippen LogP contribution is -2.26. The quantitative estimate of drug-likeness (QED) is 0.839. The fraction of sp³-hybridized carbons (Fsp3) is 0.500. The normalized spacial score (nSPS) is 13.1. The molecule has 4 nitrogen and oxygen atoms in total. The van der Waals surface area contributed by atoms with E-state index in [4.69, 9.17) is 9.84 Å². The number of hydrogen-bond donors (Lipinski definition) is 2. The molecule has 0 bridgehead atoms. The largest absolute Gasteiger partial charge is 0.494 e. The van der Waals surface area contributed by atoms with E-state index in [1.807, 2.05) is 6.92 Å². The predicted octanol–water partition coefficient (Wildman–Crippen LogP) is 3.38. The number of carboxylic acid groups (broad SMARTS) is 1. The van der Waals surface area contributed by atoms with Crippen molar-refractivity contribution in [1.29, 1.82) is 0 Å². The standard InChI is InChI=1S/C14H19BrO4/c1-4-19-9-5-6-10(11(15)7-9)12(16)8-14(2,3)13(17)18/h5-7,12,16H,4,8H2,1-3H3,(H,17,18). The van der Waals surface area contributed by atoms with Crippen molar-refractivity contribution >= 4 is 21.9 Å². The van der Waals surface area contributed by atoms with Gasteiger partial charge >= 0.3 is 5.97 Å². The van der Waals surface area contributed by atoms with E-state index in [1.54, 1.807) is 32.0 Å². The van der Waals surface area contributed by atoms with Crippen LogP contribution >= 0.6 is 15.9 Å². The maximum absolute atomic E-state index is 11.1. The van der Waals surface area contributed by atoms with Crippen molar-refractivity contribution in [1.82, 2.24) is 0 Å². The van der Waals surface area contributed by atoms with Gasteiger partial charge in [-0.25, -0.2) is 0 Å². The van der Waals surface area contributed by atoms with Crippen molar-refractivity contribution in [3.8, 4) is 5.75 Å². The lowest BCUT2D eigenvalue weighted by molar-refractivity contribution is -0.148. The lowest BCUT2D eigenvalue weighted by Gasteiger charge is -2.23. The van der Waals surface area contributed by atoms with E-state index in [1.165, 1.54) is 0 Å². The minimum absolute atomic E-state index is 0.148. The molecule has 0 aromatic heterocycles. The monoisotopic (exact) mass is 330 g/mol. The van der Waals surface area contributed by atoms with Gasteiger partial charge in [0.15, 0.2) is 0 Å². The molecule has 0 saturated carbocycles. The molecule has 0 saturated heterocycles. The molecule has 106 valence electrons. The highest BCUT2D eigenvalue weighted by atomic mass is 79.9. The number of rotatable bonds is 6. The molecular formula is C14H19BrO4. The second-order valence-corrected chi connectivity index (χ2v) is 5.88. The zero-order valence-corrected chi connectivity index (χ0v) is 12.9. The molecule has 5 heteroatoms. The van der Waals surface area contributed by atoms with Gasteiger partial charge < -0.3 is 14.9 Å². The average molecular weight is 331 g/mol. The van der Waals surface area contributed by atoms with E-state index < -0.39 is 17.5 Å². The summed E-state index contributed by atoms with van der Waals surface area (Å²) in [5, 5.41) is 19.3. The third kappa shape index (κ3) is 4.21.